The Morgan fingerprint density at radius 2 is 2.05 bits per heavy atom. The summed E-state index contributed by atoms with van der Waals surface area (Å²) < 4.78 is 0. The van der Waals surface area contributed by atoms with Crippen LogP contribution in [0.3, 0.4) is 0 Å². The van der Waals surface area contributed by atoms with Gasteiger partial charge < -0.3 is 10.6 Å². The molecule has 19 heavy (non-hydrogen) atoms. The van der Waals surface area contributed by atoms with Crippen LogP contribution in [0.1, 0.15) is 6.92 Å². The molecule has 0 saturated carbocycles. The second-order valence-electron chi connectivity index (χ2n) is 3.55. The molecule has 0 unspecified atom stereocenters. The van der Waals surface area contributed by atoms with Crippen molar-refractivity contribution in [1.29, 1.82) is 0 Å². The van der Waals surface area contributed by atoms with Gasteiger partial charge in [-0.05, 0) is 19.1 Å². The van der Waals surface area contributed by atoms with Gasteiger partial charge in [-0.25, -0.2) is 15.0 Å². The van der Waals surface area contributed by atoms with E-state index >= 15 is 0 Å². The number of rotatable bonds is 5. The summed E-state index contributed by atoms with van der Waals surface area (Å²) in [5.41, 5.74) is -0.199. The predicted molar refractivity (Wildman–Crippen MR) is 70.4 cm³/mol. The van der Waals surface area contributed by atoms with Crippen LogP contribution in [-0.4, -0.2) is 26.4 Å². The zero-order valence-corrected chi connectivity index (χ0v) is 10.2. The van der Waals surface area contributed by atoms with Crippen molar-refractivity contribution in [2.45, 2.75) is 6.92 Å². The van der Waals surface area contributed by atoms with Crippen molar-refractivity contribution >= 4 is 23.1 Å². The van der Waals surface area contributed by atoms with Crippen LogP contribution >= 0.6 is 0 Å². The molecule has 0 fully saturated rings. The number of aromatic nitrogens is 3. The molecule has 0 bridgehead atoms. The third-order valence-electron chi connectivity index (χ3n) is 2.26. The van der Waals surface area contributed by atoms with Crippen molar-refractivity contribution in [3.63, 3.8) is 0 Å². The van der Waals surface area contributed by atoms with E-state index in [1.807, 2.05) is 6.92 Å². The van der Waals surface area contributed by atoms with Crippen molar-refractivity contribution in [3.05, 3.63) is 40.8 Å². The zero-order valence-electron chi connectivity index (χ0n) is 10.2. The van der Waals surface area contributed by atoms with Gasteiger partial charge in [0.05, 0.1) is 4.92 Å². The van der Waals surface area contributed by atoms with Crippen molar-refractivity contribution in [2.75, 3.05) is 17.2 Å². The first-order chi connectivity index (χ1) is 9.22. The van der Waals surface area contributed by atoms with E-state index in [1.165, 1.54) is 6.33 Å². The van der Waals surface area contributed by atoms with E-state index in [0.717, 1.165) is 0 Å². The van der Waals surface area contributed by atoms with Gasteiger partial charge in [-0.15, -0.1) is 0 Å². The minimum atomic E-state index is -0.525. The summed E-state index contributed by atoms with van der Waals surface area (Å²) in [5.74, 6) is 0.766. The van der Waals surface area contributed by atoms with Gasteiger partial charge in [0.25, 0.3) is 0 Å². The summed E-state index contributed by atoms with van der Waals surface area (Å²) in [6, 6.07) is 5.22. The molecule has 8 nitrogen and oxygen atoms in total. The van der Waals surface area contributed by atoms with Crippen LogP contribution in [0.5, 0.6) is 0 Å². The molecule has 0 aliphatic carbocycles. The normalized spacial score (nSPS) is 9.95. The van der Waals surface area contributed by atoms with Crippen molar-refractivity contribution < 1.29 is 4.92 Å². The lowest BCUT2D eigenvalue weighted by atomic mass is 10.4. The van der Waals surface area contributed by atoms with Crippen molar-refractivity contribution in [2.24, 2.45) is 0 Å². The molecule has 98 valence electrons. The fourth-order valence-electron chi connectivity index (χ4n) is 1.50. The maximum Gasteiger partial charge on any atom is 0.353 e. The van der Waals surface area contributed by atoms with Crippen LogP contribution in [0.25, 0.3) is 0 Å². The number of pyridine rings is 1. The smallest absolute Gasteiger partial charge is 0.353 e. The Kier molecular flexibility index (Phi) is 3.81. The van der Waals surface area contributed by atoms with Crippen LogP contribution in [0.4, 0.5) is 23.1 Å². The Balaban J connectivity index is 2.39. The molecule has 2 rings (SSSR count). The molecule has 0 aliphatic heterocycles. The van der Waals surface area contributed by atoms with E-state index in [2.05, 4.69) is 25.6 Å². The number of hydrogen-bond donors (Lipinski definition) is 2. The second kappa shape index (κ2) is 5.71. The molecule has 2 heterocycles. The van der Waals surface area contributed by atoms with Gasteiger partial charge >= 0.3 is 5.69 Å². The maximum atomic E-state index is 11.1. The largest absolute Gasteiger partial charge is 0.364 e. The first-order valence-corrected chi connectivity index (χ1v) is 5.63. The van der Waals surface area contributed by atoms with Gasteiger partial charge in [-0.1, -0.05) is 6.07 Å². The molecule has 0 radical (unpaired) electrons. The fourth-order valence-corrected chi connectivity index (χ4v) is 1.50. The highest BCUT2D eigenvalue weighted by molar-refractivity contribution is 5.72. The molecular formula is C11H12N6O2. The Morgan fingerprint density at radius 1 is 1.26 bits per heavy atom. The summed E-state index contributed by atoms with van der Waals surface area (Å²) in [6.45, 7) is 2.36. The number of nitrogens with one attached hydrogen (secondary N) is 2. The SMILES string of the molecule is CCNc1ncnc(Nc2ccccn2)c1[N+](=O)[O-]. The third kappa shape index (κ3) is 2.92. The van der Waals surface area contributed by atoms with Gasteiger partial charge in [-0.3, -0.25) is 10.1 Å². The number of nitrogens with zero attached hydrogens (tertiary/aromatic N) is 4. The molecule has 0 atom stereocenters. The second-order valence-corrected chi connectivity index (χ2v) is 3.55. The minimum absolute atomic E-state index is 0.106. The van der Waals surface area contributed by atoms with E-state index in [0.29, 0.717) is 12.4 Å². The lowest BCUT2D eigenvalue weighted by Gasteiger charge is -2.08. The van der Waals surface area contributed by atoms with Gasteiger partial charge in [-0.2, -0.15) is 0 Å². The number of nitro groups is 1. The fraction of sp³-hybridized carbons (Fsp3) is 0.182. The number of anilines is 3. The highest BCUT2D eigenvalue weighted by Crippen LogP contribution is 2.30. The molecule has 2 N–H and O–H groups in total. The topological polar surface area (TPSA) is 106 Å². The standard InChI is InChI=1S/C11H12N6O2/c1-2-12-10-9(17(18)19)11(15-7-14-10)16-8-5-3-4-6-13-8/h3-7H,2H2,1H3,(H2,12,13,14,15,16). The van der Waals surface area contributed by atoms with Crippen molar-refractivity contribution in [1.82, 2.24) is 15.0 Å². The van der Waals surface area contributed by atoms with E-state index < -0.39 is 4.92 Å². The third-order valence-corrected chi connectivity index (χ3v) is 2.26. The Bertz CT molecular complexity index is 575. The first kappa shape index (κ1) is 12.7. The summed E-state index contributed by atoms with van der Waals surface area (Å²) in [6.07, 6.45) is 2.84. The van der Waals surface area contributed by atoms with Gasteiger partial charge in [0, 0.05) is 12.7 Å². The average Bonchev–Trinajstić information content (AvgIpc) is 2.40. The lowest BCUT2D eigenvalue weighted by molar-refractivity contribution is -0.383. The summed E-state index contributed by atoms with van der Waals surface area (Å²) in [7, 11) is 0. The van der Waals surface area contributed by atoms with E-state index in [9.17, 15) is 10.1 Å². The van der Waals surface area contributed by atoms with E-state index in [-0.39, 0.29) is 17.3 Å². The Morgan fingerprint density at radius 3 is 2.68 bits per heavy atom. The van der Waals surface area contributed by atoms with Crippen LogP contribution in [-0.2, 0) is 0 Å². The summed E-state index contributed by atoms with van der Waals surface area (Å²) in [4.78, 5) is 22.4. The molecule has 2 aromatic rings. The van der Waals surface area contributed by atoms with Gasteiger partial charge in [0.1, 0.15) is 12.1 Å². The molecule has 0 aromatic carbocycles. The Labute approximate surface area is 109 Å². The molecular weight excluding hydrogens is 248 g/mol. The van der Waals surface area contributed by atoms with Crippen LogP contribution < -0.4 is 10.6 Å². The Hall–Kier alpha value is -2.77. The number of hydrogen-bond acceptors (Lipinski definition) is 7. The molecule has 2 aromatic heterocycles. The zero-order chi connectivity index (χ0) is 13.7. The molecule has 0 spiro atoms. The molecule has 0 saturated heterocycles. The lowest BCUT2D eigenvalue weighted by Crippen LogP contribution is -2.08. The van der Waals surface area contributed by atoms with Gasteiger partial charge in [0.15, 0.2) is 0 Å². The van der Waals surface area contributed by atoms with Crippen molar-refractivity contribution in [3.8, 4) is 0 Å². The first-order valence-electron chi connectivity index (χ1n) is 5.63. The van der Waals surface area contributed by atoms with Gasteiger partial charge in [0.2, 0.25) is 11.6 Å². The maximum absolute atomic E-state index is 11.1. The quantitative estimate of drug-likeness (QED) is 0.625. The highest BCUT2D eigenvalue weighted by Gasteiger charge is 2.22. The molecule has 8 heteroatoms. The predicted octanol–water partition coefficient (Wildman–Crippen LogP) is 1.96. The van der Waals surface area contributed by atoms with Crippen LogP contribution in [0.15, 0.2) is 30.7 Å². The summed E-state index contributed by atoms with van der Waals surface area (Å²) in [5, 5.41) is 16.8. The monoisotopic (exact) mass is 260 g/mol. The summed E-state index contributed by atoms with van der Waals surface area (Å²) >= 11 is 0. The van der Waals surface area contributed by atoms with Crippen LogP contribution in [0, 0.1) is 10.1 Å². The highest BCUT2D eigenvalue weighted by atomic mass is 16.6. The molecule has 0 aliphatic rings. The van der Waals surface area contributed by atoms with E-state index in [1.54, 1.807) is 24.4 Å². The average molecular weight is 260 g/mol. The van der Waals surface area contributed by atoms with Crippen LogP contribution in [0.2, 0.25) is 0 Å². The minimum Gasteiger partial charge on any atom is -0.364 e. The molecule has 0 amide bonds. The van der Waals surface area contributed by atoms with E-state index in [4.69, 9.17) is 0 Å².